The van der Waals surface area contributed by atoms with Crippen molar-refractivity contribution < 1.29 is 13.9 Å². The average Bonchev–Trinajstić information content (AvgIpc) is 3.30. The Morgan fingerprint density at radius 1 is 1.43 bits per heavy atom. The number of hydrogen-bond acceptors (Lipinski definition) is 3. The second kappa shape index (κ2) is 6.28. The number of carbonyl (C=O) groups excluding carboxylic acids is 1. The van der Waals surface area contributed by atoms with Gasteiger partial charge < -0.3 is 9.30 Å². The monoisotopic (exact) mass is 334 g/mol. The lowest BCUT2D eigenvalue weighted by Gasteiger charge is -2.06. The first-order chi connectivity index (χ1) is 11.0. The highest BCUT2D eigenvalue weighted by Gasteiger charge is 2.23. The van der Waals surface area contributed by atoms with Crippen LogP contribution >= 0.6 is 11.3 Å². The molecule has 1 heterocycles. The number of carbonyl (C=O) groups is 1. The van der Waals surface area contributed by atoms with Gasteiger partial charge in [0.2, 0.25) is 0 Å². The first kappa shape index (κ1) is 15.9. The van der Waals surface area contributed by atoms with E-state index in [1.807, 2.05) is 13.8 Å². The van der Waals surface area contributed by atoms with Gasteiger partial charge in [0.15, 0.2) is 4.80 Å². The molecule has 0 N–H and O–H groups in total. The van der Waals surface area contributed by atoms with Crippen molar-refractivity contribution in [3.8, 4) is 5.75 Å². The molecule has 0 saturated heterocycles. The SMILES string of the molecule is COc1ccc(F)cc1C(=O)/N=c1\sc(C)c(C)n1CC1CC1. The van der Waals surface area contributed by atoms with Crippen LogP contribution in [0.4, 0.5) is 4.39 Å². The highest BCUT2D eigenvalue weighted by molar-refractivity contribution is 7.09. The van der Waals surface area contributed by atoms with E-state index in [4.69, 9.17) is 4.74 Å². The molecule has 1 amide bonds. The predicted molar refractivity (Wildman–Crippen MR) is 87.4 cm³/mol. The molecule has 0 atom stereocenters. The fraction of sp³-hybridized carbons (Fsp3) is 0.412. The van der Waals surface area contributed by atoms with Crippen LogP contribution in [0.3, 0.4) is 0 Å². The summed E-state index contributed by atoms with van der Waals surface area (Å²) >= 11 is 1.49. The molecular weight excluding hydrogens is 315 g/mol. The van der Waals surface area contributed by atoms with Gasteiger partial charge in [-0.1, -0.05) is 0 Å². The van der Waals surface area contributed by atoms with Gasteiger partial charge in [-0.05, 0) is 50.8 Å². The summed E-state index contributed by atoms with van der Waals surface area (Å²) in [4.78, 5) is 18.5. The van der Waals surface area contributed by atoms with Crippen molar-refractivity contribution in [3.63, 3.8) is 0 Å². The van der Waals surface area contributed by atoms with E-state index in [1.54, 1.807) is 0 Å². The first-order valence-corrected chi connectivity index (χ1v) is 8.40. The zero-order valence-corrected chi connectivity index (χ0v) is 14.2. The number of thiazole rings is 1. The van der Waals surface area contributed by atoms with E-state index in [1.165, 1.54) is 49.5 Å². The third-order valence-corrected chi connectivity index (χ3v) is 5.21. The van der Waals surface area contributed by atoms with E-state index < -0.39 is 11.7 Å². The smallest absolute Gasteiger partial charge is 0.283 e. The van der Waals surface area contributed by atoms with Crippen molar-refractivity contribution in [1.29, 1.82) is 0 Å². The topological polar surface area (TPSA) is 43.6 Å². The molecule has 122 valence electrons. The van der Waals surface area contributed by atoms with Crippen molar-refractivity contribution in [1.82, 2.24) is 4.57 Å². The fourth-order valence-electron chi connectivity index (χ4n) is 2.45. The van der Waals surface area contributed by atoms with Gasteiger partial charge in [0.1, 0.15) is 11.6 Å². The minimum atomic E-state index is -0.479. The molecular formula is C17H19FN2O2S. The molecule has 0 bridgehead atoms. The van der Waals surface area contributed by atoms with Crippen LogP contribution in [0.5, 0.6) is 5.75 Å². The molecule has 0 unspecified atom stereocenters. The summed E-state index contributed by atoms with van der Waals surface area (Å²) in [6, 6.07) is 3.88. The van der Waals surface area contributed by atoms with Crippen LogP contribution in [0.2, 0.25) is 0 Å². The number of aromatic nitrogens is 1. The Morgan fingerprint density at radius 2 is 2.17 bits per heavy atom. The van der Waals surface area contributed by atoms with Crippen LogP contribution in [0.1, 0.15) is 33.8 Å². The molecule has 0 aliphatic heterocycles. The number of amides is 1. The maximum Gasteiger partial charge on any atom is 0.283 e. The number of halogens is 1. The Kier molecular flexibility index (Phi) is 4.35. The number of ether oxygens (including phenoxy) is 1. The summed E-state index contributed by atoms with van der Waals surface area (Å²) in [6.45, 7) is 4.96. The van der Waals surface area contributed by atoms with Gasteiger partial charge in [-0.25, -0.2) is 4.39 Å². The second-order valence-electron chi connectivity index (χ2n) is 5.84. The predicted octanol–water partition coefficient (Wildman–Crippen LogP) is 3.47. The summed E-state index contributed by atoms with van der Waals surface area (Å²) in [7, 11) is 1.46. The van der Waals surface area contributed by atoms with Crippen molar-refractivity contribution in [2.45, 2.75) is 33.2 Å². The van der Waals surface area contributed by atoms with E-state index in [9.17, 15) is 9.18 Å². The van der Waals surface area contributed by atoms with Gasteiger partial charge in [0.25, 0.3) is 5.91 Å². The van der Waals surface area contributed by atoms with Crippen LogP contribution < -0.4 is 9.54 Å². The molecule has 0 radical (unpaired) electrons. The zero-order valence-electron chi connectivity index (χ0n) is 13.4. The van der Waals surface area contributed by atoms with Crippen molar-refractivity contribution >= 4 is 17.2 Å². The van der Waals surface area contributed by atoms with E-state index in [2.05, 4.69) is 9.56 Å². The molecule has 1 aromatic carbocycles. The lowest BCUT2D eigenvalue weighted by molar-refractivity contribution is 0.0994. The van der Waals surface area contributed by atoms with Gasteiger partial charge in [-0.3, -0.25) is 4.79 Å². The Hall–Kier alpha value is -1.95. The molecule has 1 aromatic heterocycles. The van der Waals surface area contributed by atoms with Gasteiger partial charge in [-0.15, -0.1) is 11.3 Å². The minimum Gasteiger partial charge on any atom is -0.496 e. The number of aryl methyl sites for hydroxylation is 1. The molecule has 2 aromatic rings. The van der Waals surface area contributed by atoms with Gasteiger partial charge >= 0.3 is 0 Å². The summed E-state index contributed by atoms with van der Waals surface area (Å²) < 4.78 is 20.7. The Morgan fingerprint density at radius 3 is 2.83 bits per heavy atom. The van der Waals surface area contributed by atoms with Crippen molar-refractivity contribution in [2.75, 3.05) is 7.11 Å². The molecule has 1 fully saturated rings. The van der Waals surface area contributed by atoms with Gasteiger partial charge in [0, 0.05) is 17.1 Å². The molecule has 4 nitrogen and oxygen atoms in total. The molecule has 23 heavy (non-hydrogen) atoms. The number of benzene rings is 1. The fourth-order valence-corrected chi connectivity index (χ4v) is 3.43. The third kappa shape index (κ3) is 3.37. The molecule has 3 rings (SSSR count). The Balaban J connectivity index is 2.03. The highest BCUT2D eigenvalue weighted by atomic mass is 32.1. The number of rotatable bonds is 4. The van der Waals surface area contributed by atoms with Gasteiger partial charge in [0.05, 0.1) is 12.7 Å². The average molecular weight is 334 g/mol. The maximum absolute atomic E-state index is 13.5. The summed E-state index contributed by atoms with van der Waals surface area (Å²) in [6.07, 6.45) is 2.46. The van der Waals surface area contributed by atoms with Crippen molar-refractivity contribution in [3.05, 3.63) is 45.0 Å². The lowest BCUT2D eigenvalue weighted by Crippen LogP contribution is -2.19. The summed E-state index contributed by atoms with van der Waals surface area (Å²) in [5.74, 6) is 0.0558. The van der Waals surface area contributed by atoms with E-state index in [0.717, 1.165) is 17.1 Å². The number of methoxy groups -OCH3 is 1. The van der Waals surface area contributed by atoms with Crippen LogP contribution in [0.15, 0.2) is 23.2 Å². The maximum atomic E-state index is 13.5. The zero-order chi connectivity index (χ0) is 16.6. The third-order valence-electron chi connectivity index (χ3n) is 4.12. The molecule has 0 spiro atoms. The summed E-state index contributed by atoms with van der Waals surface area (Å²) in [5, 5.41) is 0. The largest absolute Gasteiger partial charge is 0.496 e. The highest BCUT2D eigenvalue weighted by Crippen LogP contribution is 2.31. The second-order valence-corrected chi connectivity index (χ2v) is 7.02. The molecule has 1 aliphatic carbocycles. The standard InChI is InChI=1S/C17H19FN2O2S/c1-10-11(2)23-17(20(10)9-12-4-5-12)19-16(21)14-8-13(18)6-7-15(14)22-3/h6-8,12H,4-5,9H2,1-3H3/b19-17-. The van der Waals surface area contributed by atoms with Crippen LogP contribution in [0, 0.1) is 25.6 Å². The Labute approximate surface area is 138 Å². The molecule has 6 heteroatoms. The number of nitrogens with zero attached hydrogens (tertiary/aromatic N) is 2. The van der Waals surface area contributed by atoms with E-state index in [0.29, 0.717) is 16.5 Å². The van der Waals surface area contributed by atoms with Crippen LogP contribution in [0.25, 0.3) is 0 Å². The Bertz CT molecular complexity index is 818. The van der Waals surface area contributed by atoms with Crippen molar-refractivity contribution in [2.24, 2.45) is 10.9 Å². The minimum absolute atomic E-state index is 0.147. The summed E-state index contributed by atoms with van der Waals surface area (Å²) in [5.41, 5.74) is 1.29. The van der Waals surface area contributed by atoms with Gasteiger partial charge in [-0.2, -0.15) is 4.99 Å². The molecule has 1 saturated carbocycles. The number of hydrogen-bond donors (Lipinski definition) is 0. The quantitative estimate of drug-likeness (QED) is 0.859. The first-order valence-electron chi connectivity index (χ1n) is 7.59. The lowest BCUT2D eigenvalue weighted by atomic mass is 10.2. The normalized spacial score (nSPS) is 15.0. The van der Waals surface area contributed by atoms with E-state index >= 15 is 0 Å². The van der Waals surface area contributed by atoms with E-state index in [-0.39, 0.29) is 5.56 Å². The van der Waals surface area contributed by atoms with Crippen LogP contribution in [-0.2, 0) is 6.54 Å². The van der Waals surface area contributed by atoms with Crippen LogP contribution in [-0.4, -0.2) is 17.6 Å². The molecule has 1 aliphatic rings.